The summed E-state index contributed by atoms with van der Waals surface area (Å²) in [5, 5.41) is 16.9. The molecule has 0 aliphatic heterocycles. The first kappa shape index (κ1) is 10.6. The van der Waals surface area contributed by atoms with Crippen LogP contribution < -0.4 is 0 Å². The van der Waals surface area contributed by atoms with Crippen LogP contribution in [0.3, 0.4) is 0 Å². The molecule has 4 bridgehead atoms. The van der Waals surface area contributed by atoms with Gasteiger partial charge in [-0.25, -0.2) is 0 Å². The summed E-state index contributed by atoms with van der Waals surface area (Å²) in [6.45, 7) is 1.97. The molecule has 4 saturated carbocycles. The Hall–Kier alpha value is -1.30. The molecule has 4 aliphatic rings. The molecule has 0 unspecified atom stereocenters. The maximum absolute atomic E-state index is 9.38. The molecule has 94 valence electrons. The lowest BCUT2D eigenvalue weighted by molar-refractivity contribution is -0.00733. The number of rotatable bonds is 1. The third-order valence-corrected chi connectivity index (χ3v) is 5.60. The molecule has 0 atom stereocenters. The lowest BCUT2D eigenvalue weighted by Gasteiger charge is -2.56. The molecule has 1 aromatic rings. The Morgan fingerprint density at radius 2 is 1.72 bits per heavy atom. The van der Waals surface area contributed by atoms with Crippen LogP contribution in [0.5, 0.6) is 0 Å². The maximum atomic E-state index is 9.38. The summed E-state index contributed by atoms with van der Waals surface area (Å²) >= 11 is 0. The Balaban J connectivity index is 1.82. The number of nitrogens with one attached hydrogen (secondary N) is 1. The normalized spacial score (nSPS) is 41.0. The van der Waals surface area contributed by atoms with Gasteiger partial charge in [0.1, 0.15) is 6.07 Å². The van der Waals surface area contributed by atoms with Gasteiger partial charge in [0.05, 0.1) is 17.0 Å². The van der Waals surface area contributed by atoms with Crippen molar-refractivity contribution in [1.82, 2.24) is 10.2 Å². The molecule has 3 nitrogen and oxygen atoms in total. The summed E-state index contributed by atoms with van der Waals surface area (Å²) in [5.41, 5.74) is 3.12. The van der Waals surface area contributed by atoms with Crippen molar-refractivity contribution < 1.29 is 0 Å². The van der Waals surface area contributed by atoms with Gasteiger partial charge >= 0.3 is 0 Å². The molecule has 1 heterocycles. The molecule has 0 aromatic carbocycles. The number of H-pyrrole nitrogens is 1. The van der Waals surface area contributed by atoms with Crippen molar-refractivity contribution in [2.24, 2.45) is 17.8 Å². The third-order valence-electron chi connectivity index (χ3n) is 5.60. The summed E-state index contributed by atoms with van der Waals surface area (Å²) in [7, 11) is 0. The fourth-order valence-corrected chi connectivity index (χ4v) is 5.35. The van der Waals surface area contributed by atoms with Crippen LogP contribution >= 0.6 is 0 Å². The number of aromatic nitrogens is 2. The van der Waals surface area contributed by atoms with E-state index in [4.69, 9.17) is 0 Å². The highest BCUT2D eigenvalue weighted by atomic mass is 15.1. The highest BCUT2D eigenvalue weighted by Crippen LogP contribution is 2.60. The minimum Gasteiger partial charge on any atom is -0.281 e. The molecule has 0 amide bonds. The van der Waals surface area contributed by atoms with Gasteiger partial charge in [-0.05, 0) is 63.2 Å². The van der Waals surface area contributed by atoms with Crippen molar-refractivity contribution in [3.63, 3.8) is 0 Å². The van der Waals surface area contributed by atoms with E-state index in [1.165, 1.54) is 38.5 Å². The number of nitriles is 1. The molecular weight excluding hydrogens is 222 g/mol. The van der Waals surface area contributed by atoms with E-state index in [0.29, 0.717) is 0 Å². The van der Waals surface area contributed by atoms with Gasteiger partial charge in [0.15, 0.2) is 0 Å². The van der Waals surface area contributed by atoms with Crippen LogP contribution in [0.15, 0.2) is 0 Å². The van der Waals surface area contributed by atoms with Gasteiger partial charge in [0, 0.05) is 5.41 Å². The molecule has 4 aliphatic carbocycles. The van der Waals surface area contributed by atoms with E-state index in [9.17, 15) is 5.26 Å². The van der Waals surface area contributed by atoms with Crippen LogP contribution in [-0.4, -0.2) is 10.2 Å². The van der Waals surface area contributed by atoms with Crippen molar-refractivity contribution in [3.8, 4) is 6.07 Å². The molecule has 1 N–H and O–H groups in total. The van der Waals surface area contributed by atoms with Gasteiger partial charge in [0.2, 0.25) is 0 Å². The molecule has 0 saturated heterocycles. The summed E-state index contributed by atoms with van der Waals surface area (Å²) in [6.07, 6.45) is 8.13. The average molecular weight is 241 g/mol. The summed E-state index contributed by atoms with van der Waals surface area (Å²) in [6, 6.07) is 2.38. The average Bonchev–Trinajstić information content (AvgIpc) is 2.69. The third kappa shape index (κ3) is 1.27. The Labute approximate surface area is 108 Å². The van der Waals surface area contributed by atoms with Gasteiger partial charge in [-0.1, -0.05) is 0 Å². The van der Waals surface area contributed by atoms with Crippen LogP contribution in [0, 0.1) is 36.0 Å². The quantitative estimate of drug-likeness (QED) is 0.821. The number of hydrogen-bond donors (Lipinski definition) is 1. The first-order chi connectivity index (χ1) is 8.70. The Bertz CT molecular complexity index is 499. The monoisotopic (exact) mass is 241 g/mol. The second kappa shape index (κ2) is 3.38. The smallest absolute Gasteiger partial charge is 0.103 e. The highest BCUT2D eigenvalue weighted by molar-refractivity contribution is 5.42. The van der Waals surface area contributed by atoms with E-state index in [2.05, 4.69) is 16.3 Å². The van der Waals surface area contributed by atoms with Gasteiger partial charge in [-0.15, -0.1) is 0 Å². The Morgan fingerprint density at radius 3 is 2.22 bits per heavy atom. The minimum absolute atomic E-state index is 0.241. The van der Waals surface area contributed by atoms with E-state index in [1.54, 1.807) is 0 Å². The van der Waals surface area contributed by atoms with Crippen molar-refractivity contribution in [1.29, 1.82) is 5.26 Å². The van der Waals surface area contributed by atoms with Crippen LogP contribution in [0.4, 0.5) is 0 Å². The minimum atomic E-state index is 0.241. The molecule has 3 heteroatoms. The molecule has 5 rings (SSSR count). The van der Waals surface area contributed by atoms with Crippen molar-refractivity contribution in [2.75, 3.05) is 0 Å². The molecule has 0 radical (unpaired) electrons. The van der Waals surface area contributed by atoms with E-state index in [1.807, 2.05) is 6.92 Å². The van der Waals surface area contributed by atoms with E-state index >= 15 is 0 Å². The first-order valence-electron chi connectivity index (χ1n) is 7.16. The topological polar surface area (TPSA) is 52.5 Å². The molecular formula is C15H19N3. The number of nitrogens with zero attached hydrogens (tertiary/aromatic N) is 2. The van der Waals surface area contributed by atoms with Crippen LogP contribution in [-0.2, 0) is 5.41 Å². The summed E-state index contributed by atoms with van der Waals surface area (Å²) in [5.74, 6) is 2.71. The van der Waals surface area contributed by atoms with Gasteiger partial charge in [-0.3, -0.25) is 5.10 Å². The predicted molar refractivity (Wildman–Crippen MR) is 67.9 cm³/mol. The van der Waals surface area contributed by atoms with Crippen LogP contribution in [0.25, 0.3) is 0 Å². The fourth-order valence-electron chi connectivity index (χ4n) is 5.35. The lowest BCUT2D eigenvalue weighted by atomic mass is 9.48. The van der Waals surface area contributed by atoms with Gasteiger partial charge in [0.25, 0.3) is 0 Å². The predicted octanol–water partition coefficient (Wildman–Crippen LogP) is 3.06. The first-order valence-corrected chi connectivity index (χ1v) is 7.16. The Kier molecular flexibility index (Phi) is 1.99. The Morgan fingerprint density at radius 1 is 1.17 bits per heavy atom. The van der Waals surface area contributed by atoms with Crippen LogP contribution in [0.2, 0.25) is 0 Å². The van der Waals surface area contributed by atoms with E-state index in [-0.39, 0.29) is 5.41 Å². The number of hydrogen-bond acceptors (Lipinski definition) is 2. The lowest BCUT2D eigenvalue weighted by Crippen LogP contribution is -2.49. The molecule has 4 fully saturated rings. The summed E-state index contributed by atoms with van der Waals surface area (Å²) in [4.78, 5) is 0. The standard InChI is InChI=1S/C15H19N3/c1-9-13(8-16)14(18-17-9)15-5-10-2-11(6-15)4-12(3-10)7-15/h10-12H,2-7H2,1H3,(H,17,18). The fraction of sp³-hybridized carbons (Fsp3) is 0.733. The maximum Gasteiger partial charge on any atom is 0.103 e. The van der Waals surface area contributed by atoms with Crippen LogP contribution in [0.1, 0.15) is 55.5 Å². The second-order valence-electron chi connectivity index (χ2n) is 6.88. The molecule has 1 aromatic heterocycles. The molecule has 0 spiro atoms. The largest absolute Gasteiger partial charge is 0.281 e. The zero-order valence-electron chi connectivity index (χ0n) is 10.9. The van der Waals surface area contributed by atoms with Gasteiger partial charge in [-0.2, -0.15) is 10.4 Å². The van der Waals surface area contributed by atoms with Gasteiger partial charge < -0.3 is 0 Å². The zero-order valence-corrected chi connectivity index (χ0v) is 10.9. The van der Waals surface area contributed by atoms with E-state index < -0.39 is 0 Å². The van der Waals surface area contributed by atoms with E-state index in [0.717, 1.165) is 34.7 Å². The molecule has 18 heavy (non-hydrogen) atoms. The zero-order chi connectivity index (χ0) is 12.3. The highest BCUT2D eigenvalue weighted by Gasteiger charge is 2.53. The van der Waals surface area contributed by atoms with Crippen molar-refractivity contribution in [3.05, 3.63) is 17.0 Å². The van der Waals surface area contributed by atoms with Crippen molar-refractivity contribution in [2.45, 2.75) is 50.9 Å². The SMILES string of the molecule is Cc1[nH]nc(C23CC4CC(CC(C4)C2)C3)c1C#N. The number of aromatic amines is 1. The summed E-state index contributed by atoms with van der Waals surface area (Å²) < 4.78 is 0. The second-order valence-corrected chi connectivity index (χ2v) is 6.88. The number of aryl methyl sites for hydroxylation is 1. The van der Waals surface area contributed by atoms with Crippen molar-refractivity contribution >= 4 is 0 Å².